The van der Waals surface area contributed by atoms with Crippen molar-refractivity contribution in [3.63, 3.8) is 0 Å². The molecule has 0 saturated heterocycles. The van der Waals surface area contributed by atoms with Gasteiger partial charge in [-0.25, -0.2) is 4.39 Å². The summed E-state index contributed by atoms with van der Waals surface area (Å²) in [5.74, 6) is -0.226. The molecule has 2 aromatic carbocycles. The fourth-order valence-electron chi connectivity index (χ4n) is 2.87. The Morgan fingerprint density at radius 2 is 1.96 bits per heavy atom. The van der Waals surface area contributed by atoms with Crippen LogP contribution in [0.15, 0.2) is 52.9 Å². The van der Waals surface area contributed by atoms with Crippen LogP contribution in [-0.4, -0.2) is 5.91 Å². The van der Waals surface area contributed by atoms with Crippen LogP contribution in [0.3, 0.4) is 0 Å². The third kappa shape index (κ3) is 3.56. The number of amides is 1. The van der Waals surface area contributed by atoms with Gasteiger partial charge in [0.15, 0.2) is 0 Å². The zero-order chi connectivity index (χ0) is 18.0. The molecule has 130 valence electrons. The summed E-state index contributed by atoms with van der Waals surface area (Å²) in [4.78, 5) is 12.4. The topological polar surface area (TPSA) is 68.3 Å². The lowest BCUT2D eigenvalue weighted by Gasteiger charge is -2.19. The van der Waals surface area contributed by atoms with E-state index in [-0.39, 0.29) is 30.2 Å². The second-order valence-electron chi connectivity index (χ2n) is 6.23. The highest BCUT2D eigenvalue weighted by Gasteiger charge is 2.22. The number of aryl methyl sites for hydroxylation is 1. The monoisotopic (exact) mass is 340 g/mol. The number of fused-ring (bicyclic) bond motifs is 1. The summed E-state index contributed by atoms with van der Waals surface area (Å²) >= 11 is 0. The molecule has 3 rings (SSSR count). The van der Waals surface area contributed by atoms with Crippen LogP contribution in [0.5, 0.6) is 0 Å². The molecule has 0 saturated carbocycles. The van der Waals surface area contributed by atoms with Crippen molar-refractivity contribution < 1.29 is 13.6 Å². The zero-order valence-electron chi connectivity index (χ0n) is 14.3. The van der Waals surface area contributed by atoms with Crippen molar-refractivity contribution in [2.24, 2.45) is 11.7 Å². The second-order valence-corrected chi connectivity index (χ2v) is 6.23. The van der Waals surface area contributed by atoms with Crippen LogP contribution in [-0.2, 0) is 11.3 Å². The number of carbonyl (C=O) groups excluding carboxylic acids is 1. The molecular weight excluding hydrogens is 319 g/mol. The van der Waals surface area contributed by atoms with Gasteiger partial charge in [-0.2, -0.15) is 0 Å². The summed E-state index contributed by atoms with van der Waals surface area (Å²) in [7, 11) is 0. The van der Waals surface area contributed by atoms with Gasteiger partial charge in [0.25, 0.3) is 0 Å². The van der Waals surface area contributed by atoms with E-state index in [4.69, 9.17) is 10.2 Å². The first-order valence-electron chi connectivity index (χ1n) is 8.23. The number of nitrogens with two attached hydrogens (primary N) is 1. The van der Waals surface area contributed by atoms with Crippen molar-refractivity contribution in [3.8, 4) is 0 Å². The van der Waals surface area contributed by atoms with E-state index in [1.165, 1.54) is 12.1 Å². The van der Waals surface area contributed by atoms with Gasteiger partial charge in [0, 0.05) is 17.0 Å². The lowest BCUT2D eigenvalue weighted by molar-refractivity contribution is -0.125. The minimum atomic E-state index is -0.385. The van der Waals surface area contributed by atoms with E-state index < -0.39 is 0 Å². The van der Waals surface area contributed by atoms with Gasteiger partial charge in [0.2, 0.25) is 5.91 Å². The first-order chi connectivity index (χ1) is 12.0. The van der Waals surface area contributed by atoms with Crippen molar-refractivity contribution in [2.75, 3.05) is 0 Å². The lowest BCUT2D eigenvalue weighted by Crippen LogP contribution is -2.35. The van der Waals surface area contributed by atoms with Crippen molar-refractivity contribution in [1.29, 1.82) is 0 Å². The normalized spacial score (nSPS) is 13.6. The maximum atomic E-state index is 13.4. The van der Waals surface area contributed by atoms with Crippen LogP contribution < -0.4 is 11.1 Å². The van der Waals surface area contributed by atoms with Crippen molar-refractivity contribution in [3.05, 3.63) is 71.2 Å². The number of nitrogens with one attached hydrogen (secondary N) is 1. The molecular formula is C20H21FN2O2. The van der Waals surface area contributed by atoms with E-state index in [2.05, 4.69) is 5.32 Å². The Balaban J connectivity index is 1.69. The summed E-state index contributed by atoms with van der Waals surface area (Å²) in [6.45, 7) is 3.90. The number of carbonyl (C=O) groups is 1. The minimum Gasteiger partial charge on any atom is -0.459 e. The van der Waals surface area contributed by atoms with Gasteiger partial charge < -0.3 is 15.5 Å². The van der Waals surface area contributed by atoms with Gasteiger partial charge in [-0.3, -0.25) is 4.79 Å². The van der Waals surface area contributed by atoms with Crippen LogP contribution in [0.4, 0.5) is 4.39 Å². The van der Waals surface area contributed by atoms with Gasteiger partial charge in [0.1, 0.15) is 17.2 Å². The summed E-state index contributed by atoms with van der Waals surface area (Å²) in [5, 5.41) is 3.58. The van der Waals surface area contributed by atoms with Crippen LogP contribution in [0.25, 0.3) is 11.0 Å². The number of furan rings is 1. The molecule has 5 heteroatoms. The van der Waals surface area contributed by atoms with Crippen LogP contribution in [0, 0.1) is 18.7 Å². The van der Waals surface area contributed by atoms with Crippen molar-refractivity contribution in [2.45, 2.75) is 26.4 Å². The standard InChI is InChI=1S/C20H21FN2O2/c1-12-16-10-15(21)8-9-17(16)25-18(12)11-23-20(24)13(2)19(22)14-6-4-3-5-7-14/h3-10,13,19H,11,22H2,1-2H3,(H,23,24). The van der Waals surface area contributed by atoms with Gasteiger partial charge in [-0.15, -0.1) is 0 Å². The molecule has 1 amide bonds. The van der Waals surface area contributed by atoms with Crippen molar-refractivity contribution in [1.82, 2.24) is 5.32 Å². The summed E-state index contributed by atoms with van der Waals surface area (Å²) in [6.07, 6.45) is 0. The third-order valence-corrected chi connectivity index (χ3v) is 4.56. The molecule has 2 atom stereocenters. The van der Waals surface area contributed by atoms with E-state index >= 15 is 0 Å². The molecule has 0 aliphatic rings. The van der Waals surface area contributed by atoms with E-state index in [0.29, 0.717) is 11.3 Å². The quantitative estimate of drug-likeness (QED) is 0.742. The Kier molecular flexibility index (Phi) is 4.86. The van der Waals surface area contributed by atoms with Crippen LogP contribution >= 0.6 is 0 Å². The number of benzene rings is 2. The summed E-state index contributed by atoms with van der Waals surface area (Å²) in [5.41, 5.74) is 8.54. The predicted molar refractivity (Wildman–Crippen MR) is 95.3 cm³/mol. The highest BCUT2D eigenvalue weighted by Crippen LogP contribution is 2.26. The molecule has 0 spiro atoms. The molecule has 0 radical (unpaired) electrons. The molecule has 0 fully saturated rings. The average Bonchev–Trinajstić information content (AvgIpc) is 2.94. The SMILES string of the molecule is Cc1c(CNC(=O)C(C)C(N)c2ccccc2)oc2ccc(F)cc12. The van der Waals surface area contributed by atoms with Gasteiger partial charge in [-0.05, 0) is 30.7 Å². The second kappa shape index (κ2) is 7.07. The molecule has 0 aliphatic carbocycles. The fraction of sp³-hybridized carbons (Fsp3) is 0.250. The maximum Gasteiger partial charge on any atom is 0.225 e. The number of halogens is 1. The molecule has 2 unspecified atom stereocenters. The van der Waals surface area contributed by atoms with E-state index in [1.807, 2.05) is 37.3 Å². The Morgan fingerprint density at radius 3 is 2.68 bits per heavy atom. The zero-order valence-corrected chi connectivity index (χ0v) is 14.3. The van der Waals surface area contributed by atoms with E-state index in [1.54, 1.807) is 13.0 Å². The average molecular weight is 340 g/mol. The van der Waals surface area contributed by atoms with Crippen LogP contribution in [0.1, 0.15) is 29.9 Å². The fourth-order valence-corrected chi connectivity index (χ4v) is 2.87. The van der Waals surface area contributed by atoms with Gasteiger partial charge in [-0.1, -0.05) is 37.3 Å². The first-order valence-corrected chi connectivity index (χ1v) is 8.23. The minimum absolute atomic E-state index is 0.151. The molecule has 0 aliphatic heterocycles. The molecule has 1 heterocycles. The maximum absolute atomic E-state index is 13.4. The van der Waals surface area contributed by atoms with Crippen molar-refractivity contribution >= 4 is 16.9 Å². The van der Waals surface area contributed by atoms with E-state index in [0.717, 1.165) is 16.5 Å². The Hall–Kier alpha value is -2.66. The first kappa shape index (κ1) is 17.2. The molecule has 1 aromatic heterocycles. The number of hydrogen-bond acceptors (Lipinski definition) is 3. The molecule has 4 nitrogen and oxygen atoms in total. The Morgan fingerprint density at radius 1 is 1.24 bits per heavy atom. The molecule has 3 aromatic rings. The predicted octanol–water partition coefficient (Wildman–Crippen LogP) is 3.83. The molecule has 3 N–H and O–H groups in total. The summed E-state index contributed by atoms with van der Waals surface area (Å²) < 4.78 is 19.1. The van der Waals surface area contributed by atoms with Gasteiger partial charge >= 0.3 is 0 Å². The van der Waals surface area contributed by atoms with Crippen LogP contribution in [0.2, 0.25) is 0 Å². The summed E-state index contributed by atoms with van der Waals surface area (Å²) in [6, 6.07) is 13.5. The lowest BCUT2D eigenvalue weighted by atomic mass is 9.94. The third-order valence-electron chi connectivity index (χ3n) is 4.56. The Bertz CT molecular complexity index is 889. The highest BCUT2D eigenvalue weighted by atomic mass is 19.1. The highest BCUT2D eigenvalue weighted by molar-refractivity contribution is 5.83. The largest absolute Gasteiger partial charge is 0.459 e. The molecule has 0 bridgehead atoms. The number of rotatable bonds is 5. The molecule has 25 heavy (non-hydrogen) atoms. The van der Waals surface area contributed by atoms with Gasteiger partial charge in [0.05, 0.1) is 12.5 Å². The van der Waals surface area contributed by atoms with E-state index in [9.17, 15) is 9.18 Å². The Labute approximate surface area is 145 Å². The number of hydrogen-bond donors (Lipinski definition) is 2. The smallest absolute Gasteiger partial charge is 0.225 e.